The molecule has 0 radical (unpaired) electrons. The monoisotopic (exact) mass is 452 g/mol. The summed E-state index contributed by atoms with van der Waals surface area (Å²) in [6.45, 7) is 0.562. The number of para-hydroxylation sites is 1. The number of hydrazone groups is 1. The molecule has 3 aromatic rings. The Bertz CT molecular complexity index is 1320. The van der Waals surface area contributed by atoms with Gasteiger partial charge >= 0.3 is 0 Å². The number of ether oxygens (including phenoxy) is 4. The zero-order chi connectivity index (χ0) is 22.5. The van der Waals surface area contributed by atoms with Crippen molar-refractivity contribution in [3.05, 3.63) is 83.4 Å². The van der Waals surface area contributed by atoms with Crippen LogP contribution in [0, 0.1) is 5.92 Å². The third-order valence-corrected chi connectivity index (χ3v) is 7.00. The highest BCUT2D eigenvalue weighted by molar-refractivity contribution is 6.08. The van der Waals surface area contributed by atoms with Crippen LogP contribution in [-0.4, -0.2) is 19.3 Å². The number of fused-ring (bicyclic) bond motifs is 3. The minimum Gasteiger partial charge on any atom is -0.454 e. The van der Waals surface area contributed by atoms with E-state index in [0.717, 1.165) is 53.5 Å². The smallest absolute Gasteiger partial charge is 0.231 e. The lowest BCUT2D eigenvalue weighted by molar-refractivity contribution is 0.173. The molecule has 2 atom stereocenters. The van der Waals surface area contributed by atoms with E-state index < -0.39 is 0 Å². The molecule has 0 amide bonds. The number of benzene rings is 3. The molecule has 3 heterocycles. The van der Waals surface area contributed by atoms with E-state index >= 15 is 0 Å². The van der Waals surface area contributed by atoms with E-state index in [1.165, 1.54) is 16.8 Å². The first-order chi connectivity index (χ1) is 16.8. The zero-order valence-electron chi connectivity index (χ0n) is 18.6. The van der Waals surface area contributed by atoms with Crippen molar-refractivity contribution >= 4 is 17.5 Å². The molecule has 0 bridgehead atoms. The quantitative estimate of drug-likeness (QED) is 0.492. The van der Waals surface area contributed by atoms with Crippen molar-refractivity contribution in [3.63, 3.8) is 0 Å². The Kier molecular flexibility index (Phi) is 4.50. The van der Waals surface area contributed by atoms with Gasteiger partial charge in [0.25, 0.3) is 0 Å². The molecule has 4 aliphatic rings. The van der Waals surface area contributed by atoms with Crippen molar-refractivity contribution < 1.29 is 18.9 Å². The number of hydrogen-bond donors (Lipinski definition) is 0. The highest BCUT2D eigenvalue weighted by atomic mass is 16.7. The minimum absolute atomic E-state index is 0.104. The van der Waals surface area contributed by atoms with E-state index in [0.29, 0.717) is 5.92 Å². The molecule has 1 saturated carbocycles. The van der Waals surface area contributed by atoms with Gasteiger partial charge < -0.3 is 18.9 Å². The van der Waals surface area contributed by atoms with Crippen LogP contribution in [0.3, 0.4) is 0 Å². The highest BCUT2D eigenvalue weighted by Gasteiger charge is 2.42. The molecular formula is C28H24N2O4. The first kappa shape index (κ1) is 19.5. The van der Waals surface area contributed by atoms with Gasteiger partial charge in [0.05, 0.1) is 17.4 Å². The summed E-state index contributed by atoms with van der Waals surface area (Å²) in [6, 6.07) is 23.0. The molecule has 34 heavy (non-hydrogen) atoms. The standard InChI is InChI=1S/C28H24N2O4/c1-2-6-21(7-3-1)30-28(20-10-12-24-26(15-20)34-17-32-24)22-8-4-5-19(27(22)29-30)13-18-9-11-23-25(14-18)33-16-31-23/h1-3,6-7,9-15,22,28H,4-5,8,16-17H2/t22-,28-/m1/s1. The average Bonchev–Trinajstić information content (AvgIpc) is 3.62. The van der Waals surface area contributed by atoms with Gasteiger partial charge in [0.2, 0.25) is 13.6 Å². The summed E-state index contributed by atoms with van der Waals surface area (Å²) in [7, 11) is 0. The Morgan fingerprint density at radius 3 is 2.35 bits per heavy atom. The first-order valence-electron chi connectivity index (χ1n) is 11.8. The van der Waals surface area contributed by atoms with Crippen LogP contribution in [0.2, 0.25) is 0 Å². The van der Waals surface area contributed by atoms with E-state index in [1.807, 2.05) is 18.2 Å². The molecule has 6 heteroatoms. The molecular weight excluding hydrogens is 428 g/mol. The van der Waals surface area contributed by atoms with Crippen molar-refractivity contribution in [1.29, 1.82) is 0 Å². The fourth-order valence-corrected chi connectivity index (χ4v) is 5.43. The topological polar surface area (TPSA) is 52.5 Å². The molecule has 0 aromatic heterocycles. The molecule has 7 rings (SSSR count). The second kappa shape index (κ2) is 7.83. The molecule has 6 nitrogen and oxygen atoms in total. The van der Waals surface area contributed by atoms with Crippen LogP contribution in [0.1, 0.15) is 36.4 Å². The second-order valence-corrected chi connectivity index (χ2v) is 9.00. The fraction of sp³-hybridized carbons (Fsp3) is 0.250. The zero-order valence-corrected chi connectivity index (χ0v) is 18.6. The van der Waals surface area contributed by atoms with Gasteiger partial charge in [-0.3, -0.25) is 5.01 Å². The Morgan fingerprint density at radius 2 is 1.53 bits per heavy atom. The Morgan fingerprint density at radius 1 is 0.794 bits per heavy atom. The van der Waals surface area contributed by atoms with Crippen molar-refractivity contribution in [3.8, 4) is 23.0 Å². The lowest BCUT2D eigenvalue weighted by atomic mass is 9.77. The number of allylic oxidation sites excluding steroid dienone is 1. The van der Waals surface area contributed by atoms with Crippen LogP contribution in [0.15, 0.2) is 77.4 Å². The summed E-state index contributed by atoms with van der Waals surface area (Å²) in [5, 5.41) is 7.43. The van der Waals surface area contributed by atoms with Crippen LogP contribution in [0.5, 0.6) is 23.0 Å². The molecule has 0 spiro atoms. The van der Waals surface area contributed by atoms with Crippen LogP contribution < -0.4 is 24.0 Å². The lowest BCUT2D eigenvalue weighted by Crippen LogP contribution is -2.28. The van der Waals surface area contributed by atoms with E-state index in [1.54, 1.807) is 0 Å². The van der Waals surface area contributed by atoms with Gasteiger partial charge in [-0.25, -0.2) is 0 Å². The Hall–Kier alpha value is -3.93. The highest BCUT2D eigenvalue weighted by Crippen LogP contribution is 2.48. The molecule has 0 unspecified atom stereocenters. The van der Waals surface area contributed by atoms with Crippen LogP contribution in [0.25, 0.3) is 6.08 Å². The molecule has 170 valence electrons. The average molecular weight is 453 g/mol. The minimum atomic E-state index is 0.104. The maximum Gasteiger partial charge on any atom is 0.231 e. The molecule has 3 aromatic carbocycles. The summed E-state index contributed by atoms with van der Waals surface area (Å²) in [5.74, 6) is 3.53. The number of hydrogen-bond acceptors (Lipinski definition) is 6. The van der Waals surface area contributed by atoms with Crippen molar-refractivity contribution in [2.75, 3.05) is 18.6 Å². The summed E-state index contributed by atoms with van der Waals surface area (Å²) in [4.78, 5) is 0. The normalized spacial score (nSPS) is 23.2. The molecule has 3 aliphatic heterocycles. The van der Waals surface area contributed by atoms with Gasteiger partial charge in [0, 0.05) is 5.92 Å². The van der Waals surface area contributed by atoms with E-state index in [9.17, 15) is 0 Å². The van der Waals surface area contributed by atoms with Crippen LogP contribution in [0.4, 0.5) is 5.69 Å². The third-order valence-electron chi connectivity index (χ3n) is 7.00. The molecule has 0 N–H and O–H groups in total. The van der Waals surface area contributed by atoms with Crippen molar-refractivity contribution in [2.24, 2.45) is 11.0 Å². The lowest BCUT2D eigenvalue weighted by Gasteiger charge is -2.30. The summed E-state index contributed by atoms with van der Waals surface area (Å²) in [6.07, 6.45) is 5.50. The maximum atomic E-state index is 5.70. The van der Waals surface area contributed by atoms with Crippen molar-refractivity contribution in [2.45, 2.75) is 25.3 Å². The summed E-state index contributed by atoms with van der Waals surface area (Å²) in [5.41, 5.74) is 5.87. The van der Waals surface area contributed by atoms with Gasteiger partial charge in [0.15, 0.2) is 23.0 Å². The summed E-state index contributed by atoms with van der Waals surface area (Å²) >= 11 is 0. The van der Waals surface area contributed by atoms with E-state index in [-0.39, 0.29) is 19.6 Å². The molecule has 0 saturated heterocycles. The predicted octanol–water partition coefficient (Wildman–Crippen LogP) is 5.95. The number of anilines is 1. The van der Waals surface area contributed by atoms with Crippen LogP contribution in [-0.2, 0) is 0 Å². The largest absolute Gasteiger partial charge is 0.454 e. The van der Waals surface area contributed by atoms with E-state index in [4.69, 9.17) is 24.0 Å². The maximum absolute atomic E-state index is 5.70. The van der Waals surface area contributed by atoms with E-state index in [2.05, 4.69) is 59.6 Å². The van der Waals surface area contributed by atoms with Gasteiger partial charge in [-0.05, 0) is 78.4 Å². The second-order valence-electron chi connectivity index (χ2n) is 9.00. The van der Waals surface area contributed by atoms with Gasteiger partial charge in [-0.15, -0.1) is 0 Å². The Balaban J connectivity index is 1.30. The number of nitrogens with zero attached hydrogens (tertiary/aromatic N) is 2. The first-order valence-corrected chi connectivity index (χ1v) is 11.8. The summed E-state index contributed by atoms with van der Waals surface area (Å²) < 4.78 is 22.3. The van der Waals surface area contributed by atoms with Gasteiger partial charge in [0.1, 0.15) is 0 Å². The third kappa shape index (κ3) is 3.21. The number of rotatable bonds is 3. The van der Waals surface area contributed by atoms with Gasteiger partial charge in [-0.2, -0.15) is 5.10 Å². The predicted molar refractivity (Wildman–Crippen MR) is 130 cm³/mol. The fourth-order valence-electron chi connectivity index (χ4n) is 5.43. The SMILES string of the molecule is C(=C1CCC[C@@H]2C1=NN(c1ccccc1)[C@@H]2c1ccc2c(c1)OCO2)c1ccc2c(c1)OCO2. The molecule has 1 aliphatic carbocycles. The van der Waals surface area contributed by atoms with Crippen molar-refractivity contribution in [1.82, 2.24) is 0 Å². The molecule has 1 fully saturated rings. The van der Waals surface area contributed by atoms with Crippen LogP contribution >= 0.6 is 0 Å². The van der Waals surface area contributed by atoms with Gasteiger partial charge in [-0.1, -0.05) is 30.3 Å². The Labute approximate surface area is 198 Å².